The third kappa shape index (κ3) is 2.40. The third-order valence-electron chi connectivity index (χ3n) is 1.84. The van der Waals surface area contributed by atoms with Crippen LogP contribution in [0.25, 0.3) is 0 Å². The second-order valence-corrected chi connectivity index (χ2v) is 4.00. The number of nitro benzene ring substituents is 1. The number of nitro groups is 1. The molecule has 0 saturated carbocycles. The van der Waals surface area contributed by atoms with Crippen molar-refractivity contribution in [2.24, 2.45) is 0 Å². The Morgan fingerprint density at radius 2 is 2.29 bits per heavy atom. The van der Waals surface area contributed by atoms with Gasteiger partial charge in [0.15, 0.2) is 0 Å². The highest BCUT2D eigenvalue weighted by Crippen LogP contribution is 2.25. The molecule has 0 saturated heterocycles. The van der Waals surface area contributed by atoms with Crippen molar-refractivity contribution in [1.82, 2.24) is 0 Å². The van der Waals surface area contributed by atoms with E-state index in [1.165, 1.54) is 6.07 Å². The SMILES string of the molecule is C[C](CF)c1ccc(I)c([N+](=O)[O-])c1. The van der Waals surface area contributed by atoms with Crippen LogP contribution in [-0.2, 0) is 0 Å². The maximum absolute atomic E-state index is 12.3. The molecule has 5 heteroatoms. The second kappa shape index (κ2) is 4.68. The summed E-state index contributed by atoms with van der Waals surface area (Å²) in [5, 5.41) is 10.6. The minimum atomic E-state index is -0.586. The van der Waals surface area contributed by atoms with Crippen molar-refractivity contribution in [2.45, 2.75) is 6.92 Å². The first-order valence-electron chi connectivity index (χ1n) is 3.89. The number of benzene rings is 1. The van der Waals surface area contributed by atoms with Crippen LogP contribution < -0.4 is 0 Å². The van der Waals surface area contributed by atoms with Gasteiger partial charge in [0, 0.05) is 12.0 Å². The van der Waals surface area contributed by atoms with Crippen LogP contribution in [0.1, 0.15) is 12.5 Å². The monoisotopic (exact) mass is 308 g/mol. The molecule has 0 aromatic heterocycles. The van der Waals surface area contributed by atoms with Gasteiger partial charge in [0.1, 0.15) is 0 Å². The van der Waals surface area contributed by atoms with Crippen molar-refractivity contribution in [1.29, 1.82) is 0 Å². The Labute approximate surface area is 94.6 Å². The zero-order valence-electron chi connectivity index (χ0n) is 7.46. The molecule has 0 N–H and O–H groups in total. The lowest BCUT2D eigenvalue weighted by atomic mass is 10.0. The summed E-state index contributed by atoms with van der Waals surface area (Å²) in [4.78, 5) is 10.1. The molecule has 75 valence electrons. The van der Waals surface area contributed by atoms with E-state index >= 15 is 0 Å². The molecule has 1 aromatic carbocycles. The Balaban J connectivity index is 3.12. The molecular formula is C9H8FINO2. The minimum absolute atomic E-state index is 0.0240. The Morgan fingerprint density at radius 3 is 2.79 bits per heavy atom. The van der Waals surface area contributed by atoms with Gasteiger partial charge in [-0.25, -0.2) is 0 Å². The van der Waals surface area contributed by atoms with E-state index in [4.69, 9.17) is 0 Å². The molecule has 0 unspecified atom stereocenters. The number of hydrogen-bond acceptors (Lipinski definition) is 2. The molecule has 0 heterocycles. The van der Waals surface area contributed by atoms with Gasteiger partial charge in [0.2, 0.25) is 0 Å². The van der Waals surface area contributed by atoms with Crippen molar-refractivity contribution in [3.05, 3.63) is 43.4 Å². The molecule has 0 aliphatic heterocycles. The van der Waals surface area contributed by atoms with Crippen molar-refractivity contribution in [2.75, 3.05) is 6.67 Å². The van der Waals surface area contributed by atoms with Crippen LogP contribution in [0.3, 0.4) is 0 Å². The molecule has 0 aliphatic carbocycles. The van der Waals surface area contributed by atoms with Crippen LogP contribution in [0, 0.1) is 19.6 Å². The quantitative estimate of drug-likeness (QED) is 0.489. The molecule has 14 heavy (non-hydrogen) atoms. The summed E-state index contributed by atoms with van der Waals surface area (Å²) in [6.07, 6.45) is 0. The van der Waals surface area contributed by atoms with Crippen molar-refractivity contribution >= 4 is 28.3 Å². The summed E-state index contributed by atoms with van der Waals surface area (Å²) in [5.41, 5.74) is 0.607. The van der Waals surface area contributed by atoms with Crippen LogP contribution in [0.15, 0.2) is 18.2 Å². The van der Waals surface area contributed by atoms with Gasteiger partial charge in [-0.05, 0) is 34.2 Å². The van der Waals surface area contributed by atoms with Gasteiger partial charge in [-0.15, -0.1) is 0 Å². The predicted molar refractivity (Wildman–Crippen MR) is 59.8 cm³/mol. The Hall–Kier alpha value is -0.720. The highest BCUT2D eigenvalue weighted by atomic mass is 127. The lowest BCUT2D eigenvalue weighted by Gasteiger charge is -2.06. The fraction of sp³-hybridized carbons (Fsp3) is 0.222. The van der Waals surface area contributed by atoms with Crippen LogP contribution in [-0.4, -0.2) is 11.6 Å². The number of hydrogen-bond donors (Lipinski definition) is 0. The maximum atomic E-state index is 12.3. The largest absolute Gasteiger partial charge is 0.282 e. The van der Waals surface area contributed by atoms with Gasteiger partial charge in [-0.1, -0.05) is 13.0 Å². The Bertz CT molecular complexity index is 357. The van der Waals surface area contributed by atoms with Crippen LogP contribution in [0.5, 0.6) is 0 Å². The summed E-state index contributed by atoms with van der Waals surface area (Å²) < 4.78 is 12.9. The molecule has 3 nitrogen and oxygen atoms in total. The van der Waals surface area contributed by atoms with Crippen molar-refractivity contribution in [3.8, 4) is 0 Å². The molecular weight excluding hydrogens is 300 g/mol. The average molecular weight is 308 g/mol. The molecule has 0 spiro atoms. The second-order valence-electron chi connectivity index (χ2n) is 2.84. The molecule has 1 radical (unpaired) electrons. The van der Waals surface area contributed by atoms with Crippen molar-refractivity contribution < 1.29 is 9.31 Å². The molecule has 0 fully saturated rings. The Kier molecular flexibility index (Phi) is 3.79. The smallest absolute Gasteiger partial charge is 0.258 e. The highest BCUT2D eigenvalue weighted by molar-refractivity contribution is 14.1. The molecule has 0 amide bonds. The highest BCUT2D eigenvalue weighted by Gasteiger charge is 2.15. The van der Waals surface area contributed by atoms with Gasteiger partial charge in [-0.3, -0.25) is 14.5 Å². The van der Waals surface area contributed by atoms with E-state index in [9.17, 15) is 14.5 Å². The summed E-state index contributed by atoms with van der Waals surface area (Å²) in [6.45, 7) is 1.03. The predicted octanol–water partition coefficient (Wildman–Crippen LogP) is 3.11. The summed E-state index contributed by atoms with van der Waals surface area (Å²) in [5.74, 6) is 0.504. The number of rotatable bonds is 3. The summed E-state index contributed by atoms with van der Waals surface area (Å²) in [7, 11) is 0. The van der Waals surface area contributed by atoms with Crippen LogP contribution in [0.2, 0.25) is 0 Å². The first-order chi connectivity index (χ1) is 6.56. The van der Waals surface area contributed by atoms with Gasteiger partial charge in [0.25, 0.3) is 5.69 Å². The van der Waals surface area contributed by atoms with E-state index in [0.717, 1.165) is 0 Å². The van der Waals surface area contributed by atoms with Crippen molar-refractivity contribution in [3.63, 3.8) is 0 Å². The van der Waals surface area contributed by atoms with E-state index in [1.54, 1.807) is 19.1 Å². The summed E-state index contributed by atoms with van der Waals surface area (Å²) >= 11 is 1.88. The third-order valence-corrected chi connectivity index (χ3v) is 2.75. The molecule has 0 aliphatic rings. The number of alkyl halides is 1. The lowest BCUT2D eigenvalue weighted by Crippen LogP contribution is -1.99. The normalized spacial score (nSPS) is 10.6. The topological polar surface area (TPSA) is 43.1 Å². The maximum Gasteiger partial charge on any atom is 0.282 e. The fourth-order valence-corrected chi connectivity index (χ4v) is 1.53. The average Bonchev–Trinajstić information content (AvgIpc) is 2.17. The standard InChI is InChI=1S/C9H8FINO2/c1-6(5-10)7-2-3-8(11)9(4-7)12(13)14/h2-4H,5H2,1H3. The zero-order valence-corrected chi connectivity index (χ0v) is 9.62. The van der Waals surface area contributed by atoms with Gasteiger partial charge < -0.3 is 0 Å². The molecule has 1 rings (SSSR count). The van der Waals surface area contributed by atoms with E-state index in [-0.39, 0.29) is 5.69 Å². The lowest BCUT2D eigenvalue weighted by molar-refractivity contribution is -0.385. The first-order valence-corrected chi connectivity index (χ1v) is 4.97. The van der Waals surface area contributed by atoms with Gasteiger partial charge >= 0.3 is 0 Å². The van der Waals surface area contributed by atoms with E-state index in [0.29, 0.717) is 15.1 Å². The van der Waals surface area contributed by atoms with Gasteiger partial charge in [0.05, 0.1) is 15.2 Å². The number of halogens is 2. The van der Waals surface area contributed by atoms with E-state index < -0.39 is 11.6 Å². The van der Waals surface area contributed by atoms with E-state index in [1.807, 2.05) is 22.6 Å². The number of nitrogens with zero attached hydrogens (tertiary/aromatic N) is 1. The van der Waals surface area contributed by atoms with Crippen LogP contribution in [0.4, 0.5) is 10.1 Å². The Morgan fingerprint density at radius 1 is 1.64 bits per heavy atom. The summed E-state index contributed by atoms with van der Waals surface area (Å²) in [6, 6.07) is 4.70. The van der Waals surface area contributed by atoms with Gasteiger partial charge in [-0.2, -0.15) is 0 Å². The molecule has 0 bridgehead atoms. The van der Waals surface area contributed by atoms with E-state index in [2.05, 4.69) is 0 Å². The fourth-order valence-electron chi connectivity index (χ4n) is 0.995. The molecule has 0 atom stereocenters. The zero-order chi connectivity index (χ0) is 10.7. The first kappa shape index (κ1) is 11.4. The van der Waals surface area contributed by atoms with Crippen LogP contribution >= 0.6 is 22.6 Å². The minimum Gasteiger partial charge on any atom is -0.258 e. The molecule has 1 aromatic rings.